The van der Waals surface area contributed by atoms with Crippen LogP contribution >= 0.6 is 0 Å². The third-order valence-electron chi connectivity index (χ3n) is 5.52. The number of methoxy groups -OCH3 is 1. The van der Waals surface area contributed by atoms with Gasteiger partial charge in [-0.15, -0.1) is 0 Å². The standard InChI is InChI=1S/C24H30O5/c1-14(2)29-23(27)21-15(3)22(28-7)18(24(5,6)16(21)4)12-13-20(26)17-10-8-9-11-19(17)25/h8-14,18,25H,1-7H3. The zero-order chi connectivity index (χ0) is 21.9. The number of phenolic OH excluding ortho intramolecular Hbond substituents is 1. The van der Waals surface area contributed by atoms with Crippen LogP contribution in [0.2, 0.25) is 0 Å². The molecule has 0 radical (unpaired) electrons. The molecule has 2 rings (SSSR count). The second-order valence-electron chi connectivity index (χ2n) is 8.09. The molecule has 1 aromatic rings. The first kappa shape index (κ1) is 22.5. The van der Waals surface area contributed by atoms with Crippen molar-refractivity contribution < 1.29 is 24.2 Å². The van der Waals surface area contributed by atoms with E-state index < -0.39 is 5.41 Å². The molecule has 156 valence electrons. The fraction of sp³-hybridized carbons (Fsp3) is 0.417. The highest BCUT2D eigenvalue weighted by Crippen LogP contribution is 2.48. The molecule has 0 heterocycles. The molecule has 1 atom stereocenters. The average molecular weight is 398 g/mol. The highest BCUT2D eigenvalue weighted by atomic mass is 16.5. The number of allylic oxidation sites excluding steroid dienone is 3. The smallest absolute Gasteiger partial charge is 0.338 e. The minimum absolute atomic E-state index is 0.0569. The second kappa shape index (κ2) is 8.68. The van der Waals surface area contributed by atoms with Gasteiger partial charge in [-0.2, -0.15) is 0 Å². The highest BCUT2D eigenvalue weighted by Gasteiger charge is 2.42. The van der Waals surface area contributed by atoms with Gasteiger partial charge in [0.05, 0.1) is 24.4 Å². The van der Waals surface area contributed by atoms with Gasteiger partial charge in [0.2, 0.25) is 0 Å². The van der Waals surface area contributed by atoms with Crippen LogP contribution < -0.4 is 0 Å². The van der Waals surface area contributed by atoms with Crippen LogP contribution in [0.4, 0.5) is 0 Å². The van der Waals surface area contributed by atoms with Gasteiger partial charge in [-0.25, -0.2) is 4.79 Å². The maximum atomic E-state index is 12.7. The van der Waals surface area contributed by atoms with Crippen LogP contribution in [0.15, 0.2) is 58.9 Å². The third kappa shape index (κ3) is 4.44. The van der Waals surface area contributed by atoms with Gasteiger partial charge >= 0.3 is 5.97 Å². The van der Waals surface area contributed by atoms with E-state index in [1.54, 1.807) is 31.4 Å². The Morgan fingerprint density at radius 2 is 1.79 bits per heavy atom. The summed E-state index contributed by atoms with van der Waals surface area (Å²) in [5, 5.41) is 9.92. The van der Waals surface area contributed by atoms with E-state index in [9.17, 15) is 14.7 Å². The van der Waals surface area contributed by atoms with Gasteiger partial charge in [0.15, 0.2) is 5.78 Å². The van der Waals surface area contributed by atoms with Crippen molar-refractivity contribution in [3.8, 4) is 5.75 Å². The molecule has 1 N–H and O–H groups in total. The molecule has 5 nitrogen and oxygen atoms in total. The fourth-order valence-electron chi connectivity index (χ4n) is 3.66. The number of hydrogen-bond acceptors (Lipinski definition) is 5. The molecule has 0 saturated carbocycles. The highest BCUT2D eigenvalue weighted by molar-refractivity contribution is 6.06. The van der Waals surface area contributed by atoms with Crippen LogP contribution in [-0.4, -0.2) is 30.1 Å². The molecule has 1 aliphatic rings. The number of esters is 1. The van der Waals surface area contributed by atoms with Crippen LogP contribution in [-0.2, 0) is 14.3 Å². The average Bonchev–Trinajstić information content (AvgIpc) is 2.63. The Morgan fingerprint density at radius 1 is 1.17 bits per heavy atom. The summed E-state index contributed by atoms with van der Waals surface area (Å²) < 4.78 is 11.1. The lowest BCUT2D eigenvalue weighted by Gasteiger charge is -2.40. The summed E-state index contributed by atoms with van der Waals surface area (Å²) in [5.74, 6) is -0.349. The lowest BCUT2D eigenvalue weighted by Crippen LogP contribution is -2.34. The molecule has 29 heavy (non-hydrogen) atoms. The molecular formula is C24H30O5. The number of para-hydroxylation sites is 1. The van der Waals surface area contributed by atoms with Gasteiger partial charge < -0.3 is 14.6 Å². The monoisotopic (exact) mass is 398 g/mol. The number of benzene rings is 1. The molecular weight excluding hydrogens is 368 g/mol. The maximum Gasteiger partial charge on any atom is 0.338 e. The van der Waals surface area contributed by atoms with Crippen LogP contribution in [0.5, 0.6) is 5.75 Å². The summed E-state index contributed by atoms with van der Waals surface area (Å²) in [6, 6.07) is 6.43. The largest absolute Gasteiger partial charge is 0.507 e. The van der Waals surface area contributed by atoms with Gasteiger partial charge in [-0.1, -0.05) is 37.6 Å². The molecule has 0 saturated heterocycles. The first-order valence-corrected chi connectivity index (χ1v) is 9.70. The molecule has 0 spiro atoms. The normalized spacial score (nSPS) is 19.1. The first-order chi connectivity index (χ1) is 13.5. The third-order valence-corrected chi connectivity index (χ3v) is 5.52. The minimum atomic E-state index is -0.480. The van der Waals surface area contributed by atoms with E-state index in [2.05, 4.69) is 0 Å². The lowest BCUT2D eigenvalue weighted by atomic mass is 9.66. The number of rotatable bonds is 6. The number of phenols is 1. The van der Waals surface area contributed by atoms with Gasteiger partial charge in [-0.05, 0) is 51.3 Å². The zero-order valence-corrected chi connectivity index (χ0v) is 18.2. The number of ether oxygens (including phenoxy) is 2. The second-order valence-corrected chi connectivity index (χ2v) is 8.09. The SMILES string of the molecule is COC1=C(C)C(C(=O)OC(C)C)=C(C)C(C)(C)C1C=CC(=O)c1ccccc1O. The Bertz CT molecular complexity index is 900. The maximum absolute atomic E-state index is 12.7. The van der Waals surface area contributed by atoms with E-state index in [1.807, 2.05) is 41.5 Å². The Morgan fingerprint density at radius 3 is 2.34 bits per heavy atom. The van der Waals surface area contributed by atoms with E-state index in [0.717, 1.165) is 5.57 Å². The summed E-state index contributed by atoms with van der Waals surface area (Å²) in [5.41, 5.74) is 1.87. The first-order valence-electron chi connectivity index (χ1n) is 9.70. The number of ketones is 1. The predicted octanol–water partition coefficient (Wildman–Crippen LogP) is 4.98. The van der Waals surface area contributed by atoms with E-state index in [-0.39, 0.29) is 35.1 Å². The van der Waals surface area contributed by atoms with Gasteiger partial charge in [0, 0.05) is 11.5 Å². The summed E-state index contributed by atoms with van der Waals surface area (Å²) >= 11 is 0. The van der Waals surface area contributed by atoms with E-state index in [4.69, 9.17) is 9.47 Å². The Balaban J connectivity index is 2.46. The Hall–Kier alpha value is -2.82. The van der Waals surface area contributed by atoms with Crippen molar-refractivity contribution in [2.24, 2.45) is 11.3 Å². The zero-order valence-electron chi connectivity index (χ0n) is 18.2. The van der Waals surface area contributed by atoms with Crippen LogP contribution in [0.25, 0.3) is 0 Å². The summed E-state index contributed by atoms with van der Waals surface area (Å²) in [7, 11) is 1.56. The molecule has 0 aliphatic heterocycles. The minimum Gasteiger partial charge on any atom is -0.507 e. The Labute approximate surface area is 172 Å². The van der Waals surface area contributed by atoms with E-state index >= 15 is 0 Å². The molecule has 0 bridgehead atoms. The Kier molecular flexibility index (Phi) is 6.73. The number of carbonyl (C=O) groups is 2. The van der Waals surface area contributed by atoms with Crippen molar-refractivity contribution >= 4 is 11.8 Å². The summed E-state index contributed by atoms with van der Waals surface area (Å²) in [6.45, 7) is 11.4. The number of carbonyl (C=O) groups excluding carboxylic acids is 2. The van der Waals surface area contributed by atoms with Gasteiger partial charge in [0.25, 0.3) is 0 Å². The number of aromatic hydroxyl groups is 1. The molecule has 1 aliphatic carbocycles. The van der Waals surface area contributed by atoms with Crippen LogP contribution in [0, 0.1) is 11.3 Å². The van der Waals surface area contributed by atoms with Crippen molar-refractivity contribution in [3.63, 3.8) is 0 Å². The van der Waals surface area contributed by atoms with Crippen molar-refractivity contribution in [1.82, 2.24) is 0 Å². The molecule has 1 aromatic carbocycles. The van der Waals surface area contributed by atoms with Crippen LogP contribution in [0.1, 0.15) is 51.9 Å². The van der Waals surface area contributed by atoms with Gasteiger partial charge in [0.1, 0.15) is 11.5 Å². The summed E-state index contributed by atoms with van der Waals surface area (Å²) in [4.78, 5) is 25.3. The predicted molar refractivity (Wildman–Crippen MR) is 112 cm³/mol. The van der Waals surface area contributed by atoms with Crippen molar-refractivity contribution in [2.45, 2.75) is 47.6 Å². The van der Waals surface area contributed by atoms with E-state index in [0.29, 0.717) is 16.9 Å². The summed E-state index contributed by atoms with van der Waals surface area (Å²) in [6.07, 6.45) is 3.02. The lowest BCUT2D eigenvalue weighted by molar-refractivity contribution is -0.142. The van der Waals surface area contributed by atoms with Gasteiger partial charge in [-0.3, -0.25) is 4.79 Å². The van der Waals surface area contributed by atoms with Crippen molar-refractivity contribution in [2.75, 3.05) is 7.11 Å². The van der Waals surface area contributed by atoms with Crippen molar-refractivity contribution in [3.05, 3.63) is 64.5 Å². The van der Waals surface area contributed by atoms with E-state index in [1.165, 1.54) is 12.1 Å². The molecule has 0 aromatic heterocycles. The van der Waals surface area contributed by atoms with Crippen LogP contribution in [0.3, 0.4) is 0 Å². The number of hydrogen-bond donors (Lipinski definition) is 1. The molecule has 0 amide bonds. The molecule has 1 unspecified atom stereocenters. The molecule has 0 fully saturated rings. The topological polar surface area (TPSA) is 72.8 Å². The fourth-order valence-corrected chi connectivity index (χ4v) is 3.66. The quantitative estimate of drug-likeness (QED) is 0.416. The molecule has 5 heteroatoms. The van der Waals surface area contributed by atoms with Crippen molar-refractivity contribution in [1.29, 1.82) is 0 Å².